The van der Waals surface area contributed by atoms with E-state index in [-0.39, 0.29) is 11.3 Å². The van der Waals surface area contributed by atoms with Crippen LogP contribution in [0, 0.1) is 0 Å². The Morgan fingerprint density at radius 1 is 1.06 bits per heavy atom. The summed E-state index contributed by atoms with van der Waals surface area (Å²) in [4.78, 5) is 11.7. The van der Waals surface area contributed by atoms with Gasteiger partial charge in [-0.3, -0.25) is 4.79 Å². The summed E-state index contributed by atoms with van der Waals surface area (Å²) in [5, 5.41) is 13.3. The molecule has 0 heterocycles. The average Bonchev–Trinajstić information content (AvgIpc) is 2.40. The Morgan fingerprint density at radius 2 is 1.72 bits per heavy atom. The molecule has 90 valence electrons. The number of hydrogen-bond donors (Lipinski definition) is 2. The molecular weight excluding hydrogens is 228 g/mol. The van der Waals surface area contributed by atoms with E-state index in [0.717, 1.165) is 5.56 Å². The maximum atomic E-state index is 11.7. The van der Waals surface area contributed by atoms with Crippen LogP contribution in [0.3, 0.4) is 0 Å². The van der Waals surface area contributed by atoms with Gasteiger partial charge in [0.05, 0.1) is 11.8 Å². The second-order valence-corrected chi connectivity index (χ2v) is 3.63. The van der Waals surface area contributed by atoms with Crippen molar-refractivity contribution in [2.75, 3.05) is 0 Å². The summed E-state index contributed by atoms with van der Waals surface area (Å²) in [6.07, 6.45) is 1.54. The summed E-state index contributed by atoms with van der Waals surface area (Å²) in [6, 6.07) is 15.7. The molecule has 2 rings (SSSR count). The van der Waals surface area contributed by atoms with Crippen molar-refractivity contribution in [2.24, 2.45) is 5.10 Å². The van der Waals surface area contributed by atoms with E-state index in [4.69, 9.17) is 0 Å². The first-order valence-corrected chi connectivity index (χ1v) is 5.44. The van der Waals surface area contributed by atoms with Crippen LogP contribution in [0.1, 0.15) is 15.9 Å². The van der Waals surface area contributed by atoms with Crippen LogP contribution in [0.15, 0.2) is 59.7 Å². The minimum Gasteiger partial charge on any atom is -0.507 e. The number of aromatic hydroxyl groups is 1. The number of nitrogens with one attached hydrogen (secondary N) is 1. The summed E-state index contributed by atoms with van der Waals surface area (Å²) in [5.41, 5.74) is 3.44. The predicted octanol–water partition coefficient (Wildman–Crippen LogP) is 2.16. The van der Waals surface area contributed by atoms with Crippen LogP contribution in [0.5, 0.6) is 5.75 Å². The Morgan fingerprint density at radius 3 is 2.44 bits per heavy atom. The molecule has 4 nitrogen and oxygen atoms in total. The highest BCUT2D eigenvalue weighted by atomic mass is 16.3. The molecule has 0 saturated carbocycles. The van der Waals surface area contributed by atoms with Crippen LogP contribution in [-0.2, 0) is 0 Å². The number of rotatable bonds is 3. The summed E-state index contributed by atoms with van der Waals surface area (Å²) < 4.78 is 0. The number of phenols is 1. The summed E-state index contributed by atoms with van der Waals surface area (Å²) in [6.45, 7) is 0. The van der Waals surface area contributed by atoms with E-state index in [1.807, 2.05) is 30.3 Å². The zero-order valence-electron chi connectivity index (χ0n) is 9.58. The molecule has 0 bridgehead atoms. The minimum absolute atomic E-state index is 0.0649. The molecular formula is C14H12N2O2. The van der Waals surface area contributed by atoms with Crippen molar-refractivity contribution >= 4 is 12.1 Å². The zero-order chi connectivity index (χ0) is 12.8. The van der Waals surface area contributed by atoms with Gasteiger partial charge in [-0.1, -0.05) is 42.5 Å². The number of hydrogen-bond acceptors (Lipinski definition) is 3. The van der Waals surface area contributed by atoms with Gasteiger partial charge < -0.3 is 5.11 Å². The van der Waals surface area contributed by atoms with Crippen LogP contribution in [0.4, 0.5) is 0 Å². The van der Waals surface area contributed by atoms with Gasteiger partial charge in [-0.15, -0.1) is 0 Å². The second-order valence-electron chi connectivity index (χ2n) is 3.63. The Kier molecular flexibility index (Phi) is 3.71. The standard InChI is InChI=1S/C14H12N2O2/c17-13-9-5-4-8-12(13)14(18)16-15-10-11-6-2-1-3-7-11/h1-10,17H,(H,16,18)/b15-10-. The number of phenolic OH excluding ortho intramolecular Hbond substituents is 1. The molecule has 0 spiro atoms. The number of benzene rings is 2. The normalized spacial score (nSPS) is 10.4. The lowest BCUT2D eigenvalue weighted by Gasteiger charge is -2.01. The number of amides is 1. The number of carbonyl (C=O) groups excluding carboxylic acids is 1. The van der Waals surface area contributed by atoms with Crippen molar-refractivity contribution in [3.63, 3.8) is 0 Å². The zero-order valence-corrected chi connectivity index (χ0v) is 9.58. The molecule has 0 aliphatic heterocycles. The fraction of sp³-hybridized carbons (Fsp3) is 0. The molecule has 0 fully saturated rings. The molecule has 0 atom stereocenters. The minimum atomic E-state index is -0.444. The van der Waals surface area contributed by atoms with Gasteiger partial charge in [0.25, 0.3) is 5.91 Å². The largest absolute Gasteiger partial charge is 0.507 e. The van der Waals surface area contributed by atoms with E-state index in [2.05, 4.69) is 10.5 Å². The maximum Gasteiger partial charge on any atom is 0.275 e. The van der Waals surface area contributed by atoms with E-state index in [1.54, 1.807) is 12.1 Å². The van der Waals surface area contributed by atoms with Gasteiger partial charge in [0.15, 0.2) is 0 Å². The van der Waals surface area contributed by atoms with Gasteiger partial charge in [-0.05, 0) is 17.7 Å². The quantitative estimate of drug-likeness (QED) is 0.638. The first-order valence-electron chi connectivity index (χ1n) is 5.44. The lowest BCUT2D eigenvalue weighted by atomic mass is 10.2. The highest BCUT2D eigenvalue weighted by molar-refractivity contribution is 5.97. The van der Waals surface area contributed by atoms with E-state index in [1.165, 1.54) is 18.3 Å². The molecule has 0 aromatic heterocycles. The number of hydrazone groups is 1. The topological polar surface area (TPSA) is 61.7 Å². The third kappa shape index (κ3) is 2.95. The van der Waals surface area contributed by atoms with Crippen molar-refractivity contribution < 1.29 is 9.90 Å². The third-order valence-corrected chi connectivity index (χ3v) is 2.33. The summed E-state index contributed by atoms with van der Waals surface area (Å²) in [5.74, 6) is -0.509. The van der Waals surface area contributed by atoms with Gasteiger partial charge in [-0.2, -0.15) is 5.10 Å². The molecule has 0 radical (unpaired) electrons. The van der Waals surface area contributed by atoms with E-state index < -0.39 is 5.91 Å². The Balaban J connectivity index is 2.01. The summed E-state index contributed by atoms with van der Waals surface area (Å²) in [7, 11) is 0. The Hall–Kier alpha value is -2.62. The van der Waals surface area contributed by atoms with Crippen LogP contribution in [0.2, 0.25) is 0 Å². The van der Waals surface area contributed by atoms with E-state index in [9.17, 15) is 9.90 Å². The van der Waals surface area contributed by atoms with Crippen molar-refractivity contribution in [2.45, 2.75) is 0 Å². The Labute approximate surface area is 105 Å². The van der Waals surface area contributed by atoms with Gasteiger partial charge in [0.1, 0.15) is 5.75 Å². The average molecular weight is 240 g/mol. The molecule has 18 heavy (non-hydrogen) atoms. The summed E-state index contributed by atoms with van der Waals surface area (Å²) >= 11 is 0. The molecule has 0 aliphatic carbocycles. The van der Waals surface area contributed by atoms with Gasteiger partial charge in [0.2, 0.25) is 0 Å². The first-order chi connectivity index (χ1) is 8.77. The van der Waals surface area contributed by atoms with Crippen LogP contribution < -0.4 is 5.43 Å². The van der Waals surface area contributed by atoms with Crippen molar-refractivity contribution in [1.82, 2.24) is 5.43 Å². The molecule has 2 N–H and O–H groups in total. The fourth-order valence-electron chi connectivity index (χ4n) is 1.43. The van der Waals surface area contributed by atoms with Gasteiger partial charge in [-0.25, -0.2) is 5.43 Å². The highest BCUT2D eigenvalue weighted by Gasteiger charge is 2.08. The molecule has 2 aromatic rings. The molecule has 2 aromatic carbocycles. The van der Waals surface area contributed by atoms with E-state index >= 15 is 0 Å². The highest BCUT2D eigenvalue weighted by Crippen LogP contribution is 2.14. The lowest BCUT2D eigenvalue weighted by Crippen LogP contribution is -2.17. The molecule has 4 heteroatoms. The number of carbonyl (C=O) groups is 1. The second kappa shape index (κ2) is 5.63. The lowest BCUT2D eigenvalue weighted by molar-refractivity contribution is 0.0952. The first kappa shape index (κ1) is 11.9. The predicted molar refractivity (Wildman–Crippen MR) is 69.6 cm³/mol. The van der Waals surface area contributed by atoms with Gasteiger partial charge >= 0.3 is 0 Å². The number of para-hydroxylation sites is 1. The fourth-order valence-corrected chi connectivity index (χ4v) is 1.43. The van der Waals surface area contributed by atoms with Gasteiger partial charge in [0, 0.05) is 0 Å². The Bertz CT molecular complexity index is 565. The molecule has 0 unspecified atom stereocenters. The molecule has 1 amide bonds. The third-order valence-electron chi connectivity index (χ3n) is 2.33. The van der Waals surface area contributed by atoms with Crippen LogP contribution in [0.25, 0.3) is 0 Å². The van der Waals surface area contributed by atoms with Crippen molar-refractivity contribution in [3.05, 3.63) is 65.7 Å². The number of nitrogens with zero attached hydrogens (tertiary/aromatic N) is 1. The van der Waals surface area contributed by atoms with Crippen LogP contribution in [-0.4, -0.2) is 17.2 Å². The molecule has 0 saturated heterocycles. The van der Waals surface area contributed by atoms with Crippen molar-refractivity contribution in [3.8, 4) is 5.75 Å². The van der Waals surface area contributed by atoms with Crippen LogP contribution >= 0.6 is 0 Å². The monoisotopic (exact) mass is 240 g/mol. The SMILES string of the molecule is O=C(N/N=C\c1ccccc1)c1ccccc1O. The van der Waals surface area contributed by atoms with Crippen molar-refractivity contribution in [1.29, 1.82) is 0 Å². The maximum absolute atomic E-state index is 11.7. The van der Waals surface area contributed by atoms with E-state index in [0.29, 0.717) is 0 Å². The molecule has 0 aliphatic rings. The smallest absolute Gasteiger partial charge is 0.275 e.